The van der Waals surface area contributed by atoms with Crippen LogP contribution in [0.2, 0.25) is 0 Å². The summed E-state index contributed by atoms with van der Waals surface area (Å²) >= 11 is 0. The van der Waals surface area contributed by atoms with Crippen LogP contribution in [0.4, 0.5) is 0 Å². The summed E-state index contributed by atoms with van der Waals surface area (Å²) in [5.74, 6) is 1.48. The molecule has 1 fully saturated rings. The highest BCUT2D eigenvalue weighted by atomic mass is 16.5. The molecule has 0 spiro atoms. The number of benzene rings is 1. The quantitative estimate of drug-likeness (QED) is 0.681. The van der Waals surface area contributed by atoms with Gasteiger partial charge in [0.1, 0.15) is 6.54 Å². The van der Waals surface area contributed by atoms with E-state index in [9.17, 15) is 4.79 Å². The first-order chi connectivity index (χ1) is 13.7. The first kappa shape index (κ1) is 18.7. The van der Waals surface area contributed by atoms with Crippen LogP contribution in [0.15, 0.2) is 41.1 Å². The average molecular weight is 381 g/mol. The van der Waals surface area contributed by atoms with Crippen molar-refractivity contribution in [1.82, 2.24) is 25.2 Å². The number of rotatable bonds is 7. The molecule has 1 aliphatic rings. The molecular weight excluding hydrogens is 354 g/mol. The van der Waals surface area contributed by atoms with Crippen molar-refractivity contribution in [3.05, 3.63) is 48.0 Å². The second kappa shape index (κ2) is 8.56. The number of carbonyl (C=O) groups excluding carboxylic acids is 1. The number of hydrogen-bond donors (Lipinski definition) is 1. The molecule has 148 valence electrons. The Labute approximate surface area is 164 Å². The minimum atomic E-state index is 0.0176. The van der Waals surface area contributed by atoms with Crippen molar-refractivity contribution in [1.29, 1.82) is 0 Å². The van der Waals surface area contributed by atoms with Crippen LogP contribution in [-0.2, 0) is 24.3 Å². The third kappa shape index (κ3) is 4.59. The zero-order valence-electron chi connectivity index (χ0n) is 16.3. The molecular formula is C21H27N5O2. The zero-order chi connectivity index (χ0) is 19.3. The Morgan fingerprint density at radius 3 is 2.86 bits per heavy atom. The van der Waals surface area contributed by atoms with Gasteiger partial charge in [-0.1, -0.05) is 30.3 Å². The van der Waals surface area contributed by atoms with Gasteiger partial charge in [-0.3, -0.25) is 14.4 Å². The van der Waals surface area contributed by atoms with Gasteiger partial charge in [0.25, 0.3) is 0 Å². The lowest BCUT2D eigenvalue weighted by Gasteiger charge is -2.31. The molecule has 2 aromatic heterocycles. The molecule has 28 heavy (non-hydrogen) atoms. The summed E-state index contributed by atoms with van der Waals surface area (Å²) in [7, 11) is 0. The van der Waals surface area contributed by atoms with Gasteiger partial charge in [0.05, 0.1) is 17.8 Å². The van der Waals surface area contributed by atoms with E-state index in [2.05, 4.69) is 27.4 Å². The number of likely N-dealkylation sites (tertiary alicyclic amines) is 1. The molecule has 1 N–H and O–H groups in total. The zero-order valence-corrected chi connectivity index (χ0v) is 16.3. The maximum atomic E-state index is 12.3. The summed E-state index contributed by atoms with van der Waals surface area (Å²) in [5, 5.41) is 12.6. The molecule has 0 atom stereocenters. The number of carbonyl (C=O) groups is 1. The summed E-state index contributed by atoms with van der Waals surface area (Å²) < 4.78 is 7.10. The van der Waals surface area contributed by atoms with Gasteiger partial charge < -0.3 is 9.84 Å². The van der Waals surface area contributed by atoms with Crippen molar-refractivity contribution in [2.75, 3.05) is 19.6 Å². The molecule has 1 aliphatic heterocycles. The van der Waals surface area contributed by atoms with Gasteiger partial charge in [0.2, 0.25) is 5.91 Å². The lowest BCUT2D eigenvalue weighted by Crippen LogP contribution is -2.39. The van der Waals surface area contributed by atoms with Crippen molar-refractivity contribution in [2.45, 2.75) is 39.3 Å². The third-order valence-corrected chi connectivity index (χ3v) is 5.41. The number of aryl methyl sites for hydroxylation is 1. The highest BCUT2D eigenvalue weighted by Crippen LogP contribution is 2.19. The topological polar surface area (TPSA) is 76.2 Å². The predicted molar refractivity (Wildman–Crippen MR) is 107 cm³/mol. The first-order valence-electron chi connectivity index (χ1n) is 10.1. The number of hydrogen-bond acceptors (Lipinski definition) is 5. The normalized spacial score (nSPS) is 15.9. The van der Waals surface area contributed by atoms with Gasteiger partial charge in [-0.25, -0.2) is 0 Å². The minimum absolute atomic E-state index is 0.0176. The lowest BCUT2D eigenvalue weighted by atomic mass is 9.96. The fraction of sp³-hybridized carbons (Fsp3) is 0.476. The Morgan fingerprint density at radius 2 is 2.11 bits per heavy atom. The van der Waals surface area contributed by atoms with Crippen LogP contribution >= 0.6 is 0 Å². The van der Waals surface area contributed by atoms with Crippen LogP contribution in [0.25, 0.3) is 10.9 Å². The lowest BCUT2D eigenvalue weighted by molar-refractivity contribution is -0.122. The Balaban J connectivity index is 1.19. The summed E-state index contributed by atoms with van der Waals surface area (Å²) in [6.07, 6.45) is 4.99. The third-order valence-electron chi connectivity index (χ3n) is 5.41. The smallest absolute Gasteiger partial charge is 0.241 e. The van der Waals surface area contributed by atoms with Crippen molar-refractivity contribution < 1.29 is 9.32 Å². The molecule has 0 saturated carbocycles. The van der Waals surface area contributed by atoms with E-state index < -0.39 is 0 Å². The minimum Gasteiger partial charge on any atom is -0.360 e. The Kier molecular flexibility index (Phi) is 5.71. The predicted octanol–water partition coefficient (Wildman–Crippen LogP) is 2.62. The molecule has 7 nitrogen and oxygen atoms in total. The van der Waals surface area contributed by atoms with Crippen molar-refractivity contribution in [2.24, 2.45) is 5.92 Å². The molecule has 3 aromatic rings. The Hall–Kier alpha value is -2.67. The van der Waals surface area contributed by atoms with Crippen molar-refractivity contribution in [3.63, 3.8) is 0 Å². The largest absolute Gasteiger partial charge is 0.360 e. The maximum Gasteiger partial charge on any atom is 0.241 e. The summed E-state index contributed by atoms with van der Waals surface area (Å²) in [4.78, 5) is 14.7. The number of fused-ring (bicyclic) bond motifs is 1. The first-order valence-corrected chi connectivity index (χ1v) is 10.1. The van der Waals surface area contributed by atoms with E-state index in [4.69, 9.17) is 4.52 Å². The molecule has 0 unspecified atom stereocenters. The van der Waals surface area contributed by atoms with E-state index >= 15 is 0 Å². The second-order valence-corrected chi connectivity index (χ2v) is 7.55. The molecule has 7 heteroatoms. The summed E-state index contributed by atoms with van der Waals surface area (Å²) in [5.41, 5.74) is 1.93. The molecule has 0 aliphatic carbocycles. The molecule has 0 bridgehead atoms. The average Bonchev–Trinajstić information content (AvgIpc) is 3.33. The van der Waals surface area contributed by atoms with E-state index in [0.29, 0.717) is 5.92 Å². The fourth-order valence-corrected chi connectivity index (χ4v) is 3.72. The van der Waals surface area contributed by atoms with Gasteiger partial charge in [-0.05, 0) is 44.3 Å². The molecule has 1 amide bonds. The van der Waals surface area contributed by atoms with E-state index in [-0.39, 0.29) is 12.5 Å². The van der Waals surface area contributed by atoms with Gasteiger partial charge in [0.15, 0.2) is 5.76 Å². The number of nitrogens with zero attached hydrogens (tertiary/aromatic N) is 4. The summed E-state index contributed by atoms with van der Waals surface area (Å²) in [6.45, 7) is 5.93. The SMILES string of the molecule is CCc1cc(CN2CCC(CNC(=O)Cn3cc4ccccc4n3)CC2)on1. The number of amides is 1. The van der Waals surface area contributed by atoms with Crippen LogP contribution in [0.5, 0.6) is 0 Å². The van der Waals surface area contributed by atoms with Crippen molar-refractivity contribution >= 4 is 16.8 Å². The highest BCUT2D eigenvalue weighted by Gasteiger charge is 2.21. The van der Waals surface area contributed by atoms with Gasteiger partial charge in [0, 0.05) is 24.2 Å². The van der Waals surface area contributed by atoms with E-state index in [1.165, 1.54) is 0 Å². The van der Waals surface area contributed by atoms with Gasteiger partial charge in [-0.2, -0.15) is 5.10 Å². The molecule has 0 radical (unpaired) electrons. The standard InChI is InChI=1S/C21H27N5O2/c1-2-18-11-19(28-24-18)14-25-9-7-16(8-10-25)12-22-21(27)15-26-13-17-5-3-4-6-20(17)23-26/h3-6,11,13,16H,2,7-10,12,14-15H2,1H3,(H,22,27). The molecule has 1 aromatic carbocycles. The molecule has 1 saturated heterocycles. The van der Waals surface area contributed by atoms with Crippen molar-refractivity contribution in [3.8, 4) is 0 Å². The van der Waals surface area contributed by atoms with E-state index in [1.54, 1.807) is 4.68 Å². The highest BCUT2D eigenvalue weighted by molar-refractivity contribution is 5.79. The second-order valence-electron chi connectivity index (χ2n) is 7.55. The Bertz CT molecular complexity index is 891. The number of aromatic nitrogens is 3. The van der Waals surface area contributed by atoms with Crippen LogP contribution in [0.1, 0.15) is 31.2 Å². The van der Waals surface area contributed by atoms with Crippen LogP contribution in [0.3, 0.4) is 0 Å². The van der Waals surface area contributed by atoms with E-state index in [0.717, 1.165) is 67.8 Å². The monoisotopic (exact) mass is 381 g/mol. The van der Waals surface area contributed by atoms with Gasteiger partial charge >= 0.3 is 0 Å². The fourth-order valence-electron chi connectivity index (χ4n) is 3.72. The molecule has 4 rings (SSSR count). The van der Waals surface area contributed by atoms with E-state index in [1.807, 2.05) is 36.5 Å². The Morgan fingerprint density at radius 1 is 1.29 bits per heavy atom. The van der Waals surface area contributed by atoms with Crippen LogP contribution < -0.4 is 5.32 Å². The maximum absolute atomic E-state index is 12.3. The summed E-state index contributed by atoms with van der Waals surface area (Å²) in [6, 6.07) is 9.94. The number of piperidine rings is 1. The van der Waals surface area contributed by atoms with Crippen LogP contribution in [0, 0.1) is 5.92 Å². The van der Waals surface area contributed by atoms with Gasteiger partial charge in [-0.15, -0.1) is 0 Å². The number of nitrogens with one attached hydrogen (secondary N) is 1. The molecule has 3 heterocycles. The van der Waals surface area contributed by atoms with Crippen LogP contribution in [-0.4, -0.2) is 45.4 Å².